The minimum atomic E-state index is -0.416. The third-order valence-electron chi connectivity index (χ3n) is 3.99. The first-order valence-electron chi connectivity index (χ1n) is 8.74. The second-order valence-electron chi connectivity index (χ2n) is 6.16. The Hall–Kier alpha value is -4.18. The quantitative estimate of drug-likeness (QED) is 0.609. The summed E-state index contributed by atoms with van der Waals surface area (Å²) in [5, 5.41) is 17.0. The van der Waals surface area contributed by atoms with Gasteiger partial charge < -0.3 is 16.0 Å². The van der Waals surface area contributed by atoms with Crippen LogP contribution in [0, 0.1) is 17.1 Å². The maximum absolute atomic E-state index is 13.0. The molecule has 0 heterocycles. The fourth-order valence-electron chi connectivity index (χ4n) is 2.59. The van der Waals surface area contributed by atoms with Crippen molar-refractivity contribution in [2.24, 2.45) is 0 Å². The number of nitrogens with one attached hydrogen (secondary N) is 3. The summed E-state index contributed by atoms with van der Waals surface area (Å²) in [5.74, 6) is -0.766. The predicted molar refractivity (Wildman–Crippen MR) is 108 cm³/mol. The van der Waals surface area contributed by atoms with E-state index in [4.69, 9.17) is 5.26 Å². The molecule has 7 heteroatoms. The minimum Gasteiger partial charge on any atom is -0.334 e. The number of nitriles is 1. The maximum Gasteiger partial charge on any atom is 0.319 e. The Morgan fingerprint density at radius 3 is 2.31 bits per heavy atom. The van der Waals surface area contributed by atoms with E-state index in [1.165, 1.54) is 24.3 Å². The van der Waals surface area contributed by atoms with Crippen LogP contribution in [0.2, 0.25) is 0 Å². The number of rotatable bonds is 5. The number of nitrogens with zero attached hydrogens (tertiary/aromatic N) is 1. The van der Waals surface area contributed by atoms with E-state index in [1.54, 1.807) is 42.5 Å². The molecule has 0 aromatic heterocycles. The van der Waals surface area contributed by atoms with Crippen molar-refractivity contribution < 1.29 is 14.0 Å². The number of benzene rings is 3. The molecule has 29 heavy (non-hydrogen) atoms. The molecular weight excluding hydrogens is 371 g/mol. The molecule has 0 fully saturated rings. The second kappa shape index (κ2) is 9.15. The van der Waals surface area contributed by atoms with E-state index < -0.39 is 11.8 Å². The largest absolute Gasteiger partial charge is 0.334 e. The summed E-state index contributed by atoms with van der Waals surface area (Å²) >= 11 is 0. The lowest BCUT2D eigenvalue weighted by atomic mass is 10.1. The first-order valence-corrected chi connectivity index (χ1v) is 8.74. The van der Waals surface area contributed by atoms with Crippen LogP contribution < -0.4 is 16.0 Å². The van der Waals surface area contributed by atoms with Crippen molar-refractivity contribution in [3.63, 3.8) is 0 Å². The van der Waals surface area contributed by atoms with Crippen LogP contribution in [0.5, 0.6) is 0 Å². The Morgan fingerprint density at radius 2 is 1.59 bits per heavy atom. The molecule has 0 spiro atoms. The lowest BCUT2D eigenvalue weighted by molar-refractivity contribution is 0.102. The number of carbonyl (C=O) groups excluding carboxylic acids is 2. The second-order valence-corrected chi connectivity index (χ2v) is 6.16. The Bertz CT molecular complexity index is 1070. The maximum atomic E-state index is 13.0. The number of halogens is 1. The molecule has 0 saturated heterocycles. The third-order valence-corrected chi connectivity index (χ3v) is 3.99. The molecular formula is C22H17FN4O2. The van der Waals surface area contributed by atoms with E-state index in [0.717, 1.165) is 5.56 Å². The van der Waals surface area contributed by atoms with Crippen LogP contribution >= 0.6 is 0 Å². The Labute approximate surface area is 167 Å². The van der Waals surface area contributed by atoms with Crippen molar-refractivity contribution in [1.29, 1.82) is 5.26 Å². The van der Waals surface area contributed by atoms with Gasteiger partial charge in [0.1, 0.15) is 5.82 Å². The zero-order valence-corrected chi connectivity index (χ0v) is 15.3. The minimum absolute atomic E-state index is 0.240. The molecule has 144 valence electrons. The van der Waals surface area contributed by atoms with Crippen molar-refractivity contribution in [3.05, 3.63) is 95.3 Å². The molecule has 0 aliphatic rings. The van der Waals surface area contributed by atoms with Crippen LogP contribution in [0.4, 0.5) is 20.6 Å². The monoisotopic (exact) mass is 388 g/mol. The summed E-state index contributed by atoms with van der Waals surface area (Å²) in [7, 11) is 0. The Morgan fingerprint density at radius 1 is 0.897 bits per heavy atom. The first kappa shape index (κ1) is 19.6. The van der Waals surface area contributed by atoms with E-state index in [0.29, 0.717) is 22.5 Å². The van der Waals surface area contributed by atoms with Gasteiger partial charge in [0.05, 0.1) is 11.6 Å². The van der Waals surface area contributed by atoms with Gasteiger partial charge in [-0.05, 0) is 60.2 Å². The number of urea groups is 1. The summed E-state index contributed by atoms with van der Waals surface area (Å²) < 4.78 is 13.0. The molecule has 0 bridgehead atoms. The van der Waals surface area contributed by atoms with E-state index >= 15 is 0 Å². The summed E-state index contributed by atoms with van der Waals surface area (Å²) in [6.07, 6.45) is 0. The number of hydrogen-bond donors (Lipinski definition) is 3. The van der Waals surface area contributed by atoms with Gasteiger partial charge in [-0.1, -0.05) is 18.2 Å². The summed E-state index contributed by atoms with van der Waals surface area (Å²) in [5.41, 5.74) is 2.65. The van der Waals surface area contributed by atoms with Gasteiger partial charge in [0.15, 0.2) is 0 Å². The van der Waals surface area contributed by atoms with E-state index in [2.05, 4.69) is 16.0 Å². The van der Waals surface area contributed by atoms with Gasteiger partial charge in [0.25, 0.3) is 5.91 Å². The van der Waals surface area contributed by atoms with Crippen molar-refractivity contribution in [2.45, 2.75) is 6.54 Å². The fraction of sp³-hybridized carbons (Fsp3) is 0.0455. The standard InChI is InChI=1S/C22H17FN4O2/c23-18-9-7-17(8-10-18)21(28)26-19-5-2-4-16(12-19)14-25-22(29)27-20-6-1-3-15(11-20)13-24/h1-12H,14H2,(H,26,28)(H2,25,27,29). The Kier molecular flexibility index (Phi) is 6.18. The van der Waals surface area contributed by atoms with E-state index in [-0.39, 0.29) is 12.5 Å². The van der Waals surface area contributed by atoms with Crippen LogP contribution in [-0.4, -0.2) is 11.9 Å². The molecule has 3 aromatic rings. The van der Waals surface area contributed by atoms with Gasteiger partial charge in [-0.25, -0.2) is 9.18 Å². The number of anilines is 2. The van der Waals surface area contributed by atoms with Gasteiger partial charge in [-0.3, -0.25) is 4.79 Å². The lowest BCUT2D eigenvalue weighted by Crippen LogP contribution is -2.28. The smallest absolute Gasteiger partial charge is 0.319 e. The first-order chi connectivity index (χ1) is 14.0. The average Bonchev–Trinajstić information content (AvgIpc) is 2.73. The molecule has 3 aromatic carbocycles. The zero-order valence-electron chi connectivity index (χ0n) is 15.3. The fourth-order valence-corrected chi connectivity index (χ4v) is 2.59. The topological polar surface area (TPSA) is 94.0 Å². The van der Waals surface area contributed by atoms with Crippen molar-refractivity contribution >= 4 is 23.3 Å². The third kappa shape index (κ3) is 5.65. The van der Waals surface area contributed by atoms with Gasteiger partial charge >= 0.3 is 6.03 Å². The average molecular weight is 388 g/mol. The molecule has 0 unspecified atom stereocenters. The number of hydrogen-bond acceptors (Lipinski definition) is 3. The highest BCUT2D eigenvalue weighted by molar-refractivity contribution is 6.04. The highest BCUT2D eigenvalue weighted by Crippen LogP contribution is 2.13. The number of amides is 3. The number of carbonyl (C=O) groups is 2. The molecule has 0 aliphatic carbocycles. The summed E-state index contributed by atoms with van der Waals surface area (Å²) in [6.45, 7) is 0.240. The van der Waals surface area contributed by atoms with E-state index in [1.807, 2.05) is 12.1 Å². The van der Waals surface area contributed by atoms with Crippen LogP contribution in [0.1, 0.15) is 21.5 Å². The van der Waals surface area contributed by atoms with Gasteiger partial charge in [-0.2, -0.15) is 5.26 Å². The predicted octanol–water partition coefficient (Wildman–Crippen LogP) is 4.27. The molecule has 3 N–H and O–H groups in total. The van der Waals surface area contributed by atoms with Gasteiger partial charge in [-0.15, -0.1) is 0 Å². The molecule has 0 atom stereocenters. The van der Waals surface area contributed by atoms with Gasteiger partial charge in [0.2, 0.25) is 0 Å². The molecule has 0 aliphatic heterocycles. The zero-order chi connectivity index (χ0) is 20.6. The molecule has 3 amide bonds. The summed E-state index contributed by atoms with van der Waals surface area (Å²) in [4.78, 5) is 24.3. The highest BCUT2D eigenvalue weighted by atomic mass is 19.1. The van der Waals surface area contributed by atoms with Crippen LogP contribution in [-0.2, 0) is 6.54 Å². The summed E-state index contributed by atoms with van der Waals surface area (Å²) in [6, 6.07) is 20.5. The van der Waals surface area contributed by atoms with Crippen molar-refractivity contribution in [1.82, 2.24) is 5.32 Å². The molecule has 6 nitrogen and oxygen atoms in total. The molecule has 0 radical (unpaired) electrons. The SMILES string of the molecule is N#Cc1cccc(NC(=O)NCc2cccc(NC(=O)c3ccc(F)cc3)c2)c1. The van der Waals surface area contributed by atoms with Crippen LogP contribution in [0.15, 0.2) is 72.8 Å². The Balaban J connectivity index is 1.56. The molecule has 0 saturated carbocycles. The highest BCUT2D eigenvalue weighted by Gasteiger charge is 2.07. The van der Waals surface area contributed by atoms with Gasteiger partial charge in [0, 0.05) is 23.5 Å². The lowest BCUT2D eigenvalue weighted by Gasteiger charge is -2.10. The van der Waals surface area contributed by atoms with Crippen LogP contribution in [0.3, 0.4) is 0 Å². The molecule has 3 rings (SSSR count). The van der Waals surface area contributed by atoms with Crippen LogP contribution in [0.25, 0.3) is 0 Å². The van der Waals surface area contributed by atoms with E-state index in [9.17, 15) is 14.0 Å². The normalized spacial score (nSPS) is 9.93. The van der Waals surface area contributed by atoms with Crippen molar-refractivity contribution in [3.8, 4) is 6.07 Å². The van der Waals surface area contributed by atoms with Crippen molar-refractivity contribution in [2.75, 3.05) is 10.6 Å².